The molecule has 1 aliphatic rings. The number of aryl methyl sites for hydroxylation is 2. The van der Waals surface area contributed by atoms with Gasteiger partial charge in [0.2, 0.25) is 11.7 Å². The van der Waals surface area contributed by atoms with Gasteiger partial charge in [-0.25, -0.2) is 4.98 Å². The Balaban J connectivity index is 1.29. The van der Waals surface area contributed by atoms with Crippen LogP contribution in [0.3, 0.4) is 0 Å². The maximum atomic E-state index is 6.18. The highest BCUT2D eigenvalue weighted by Gasteiger charge is 2.40. The van der Waals surface area contributed by atoms with Gasteiger partial charge in [-0.3, -0.25) is 4.98 Å². The van der Waals surface area contributed by atoms with Crippen molar-refractivity contribution in [1.82, 2.24) is 35.2 Å². The second-order valence-corrected chi connectivity index (χ2v) is 8.05. The molecule has 4 aromatic rings. The lowest BCUT2D eigenvalue weighted by atomic mass is 10.1. The highest BCUT2D eigenvalue weighted by Crippen LogP contribution is 2.47. The zero-order valence-corrected chi connectivity index (χ0v) is 18.8. The van der Waals surface area contributed by atoms with Gasteiger partial charge in [0.15, 0.2) is 0 Å². The van der Waals surface area contributed by atoms with Crippen LogP contribution in [0, 0.1) is 12.8 Å². The molecule has 1 unspecified atom stereocenters. The van der Waals surface area contributed by atoms with Crippen LogP contribution in [0.1, 0.15) is 30.8 Å². The average Bonchev–Trinajstić information content (AvgIpc) is 3.48. The molecule has 9 nitrogen and oxygen atoms in total. The van der Waals surface area contributed by atoms with Gasteiger partial charge in [-0.15, -0.1) is 10.2 Å². The van der Waals surface area contributed by atoms with Crippen molar-refractivity contribution < 1.29 is 9.47 Å². The van der Waals surface area contributed by atoms with E-state index in [9.17, 15) is 0 Å². The summed E-state index contributed by atoms with van der Waals surface area (Å²) in [6, 6.07) is 11.9. The lowest BCUT2D eigenvalue weighted by Crippen LogP contribution is -2.05. The number of rotatable bonds is 8. The number of hydrogen-bond donors (Lipinski definition) is 0. The quantitative estimate of drug-likeness (QED) is 0.406. The van der Waals surface area contributed by atoms with E-state index < -0.39 is 0 Å². The number of hydrogen-bond acceptors (Lipinski definition) is 8. The van der Waals surface area contributed by atoms with Crippen LogP contribution in [0.25, 0.3) is 22.5 Å². The van der Waals surface area contributed by atoms with Crippen molar-refractivity contribution in [3.05, 3.63) is 60.3 Å². The van der Waals surface area contributed by atoms with Crippen LogP contribution >= 0.6 is 0 Å². The van der Waals surface area contributed by atoms with Gasteiger partial charge >= 0.3 is 0 Å². The molecule has 0 aliphatic heterocycles. The molecule has 3 heterocycles. The normalized spacial score (nSPS) is 17.1. The van der Waals surface area contributed by atoms with E-state index in [-0.39, 0.29) is 0 Å². The van der Waals surface area contributed by atoms with Crippen molar-refractivity contribution in [1.29, 1.82) is 0 Å². The van der Waals surface area contributed by atoms with Crippen LogP contribution in [-0.4, -0.2) is 48.9 Å². The molecule has 1 aromatic carbocycles. The van der Waals surface area contributed by atoms with Gasteiger partial charge in [0, 0.05) is 29.3 Å². The zero-order chi connectivity index (χ0) is 22.8. The standard InChI is InChI=1S/C24H25N7O2/c1-4-31-29-23(28-30-31)17-7-5-16(6-8-17)21-13-25-15(2)27-24(21)33-14-18-11-20(18)22-10-9-19(32-3)12-26-22/h5-10,12-13,18,20H,4,11,14H2,1-3H3/t18?,20-/m1/s1. The fourth-order valence-electron chi connectivity index (χ4n) is 3.76. The first-order valence-electron chi connectivity index (χ1n) is 11.0. The Morgan fingerprint density at radius 3 is 2.55 bits per heavy atom. The molecular weight excluding hydrogens is 418 g/mol. The molecule has 1 fully saturated rings. The van der Waals surface area contributed by atoms with Gasteiger partial charge in [-0.05, 0) is 43.2 Å². The molecule has 0 radical (unpaired) electrons. The first-order chi connectivity index (χ1) is 16.1. The summed E-state index contributed by atoms with van der Waals surface area (Å²) in [6.45, 7) is 5.11. The molecule has 5 rings (SSSR count). The summed E-state index contributed by atoms with van der Waals surface area (Å²) in [7, 11) is 1.65. The molecule has 3 aromatic heterocycles. The van der Waals surface area contributed by atoms with Crippen molar-refractivity contribution in [3.63, 3.8) is 0 Å². The van der Waals surface area contributed by atoms with E-state index in [2.05, 4.69) is 30.4 Å². The SMILES string of the molecule is CCn1nnc(-c2ccc(-c3cnc(C)nc3OCC3C[C@H]3c3ccc(OC)cn3)cc2)n1. The molecule has 33 heavy (non-hydrogen) atoms. The Bertz CT molecular complexity index is 1240. The second-order valence-electron chi connectivity index (χ2n) is 8.05. The zero-order valence-electron chi connectivity index (χ0n) is 18.8. The number of benzene rings is 1. The van der Waals surface area contributed by atoms with Crippen LogP contribution in [0.15, 0.2) is 48.8 Å². The molecule has 1 saturated carbocycles. The number of nitrogens with zero attached hydrogens (tertiary/aromatic N) is 7. The van der Waals surface area contributed by atoms with Crippen molar-refractivity contribution >= 4 is 0 Å². The molecule has 2 atom stereocenters. The number of pyridine rings is 1. The summed E-state index contributed by atoms with van der Waals surface area (Å²) < 4.78 is 11.4. The number of methoxy groups -OCH3 is 1. The first kappa shape index (κ1) is 21.0. The van der Waals surface area contributed by atoms with Crippen LogP contribution < -0.4 is 9.47 Å². The van der Waals surface area contributed by atoms with E-state index in [0.29, 0.717) is 42.5 Å². The van der Waals surface area contributed by atoms with Gasteiger partial charge in [0.1, 0.15) is 11.6 Å². The Labute approximate surface area is 191 Å². The Morgan fingerprint density at radius 1 is 1.03 bits per heavy atom. The van der Waals surface area contributed by atoms with Crippen molar-refractivity contribution in [2.75, 3.05) is 13.7 Å². The van der Waals surface area contributed by atoms with Gasteiger partial charge in [-0.1, -0.05) is 24.3 Å². The largest absolute Gasteiger partial charge is 0.495 e. The number of ether oxygens (including phenoxy) is 2. The highest BCUT2D eigenvalue weighted by atomic mass is 16.5. The maximum Gasteiger partial charge on any atom is 0.224 e. The maximum absolute atomic E-state index is 6.18. The molecule has 0 spiro atoms. The number of aromatic nitrogens is 7. The van der Waals surface area contributed by atoms with Crippen LogP contribution in [-0.2, 0) is 6.54 Å². The van der Waals surface area contributed by atoms with Crippen molar-refractivity contribution in [2.24, 2.45) is 5.92 Å². The summed E-state index contributed by atoms with van der Waals surface area (Å²) in [4.78, 5) is 15.0. The second kappa shape index (κ2) is 8.93. The summed E-state index contributed by atoms with van der Waals surface area (Å²) in [6.07, 6.45) is 4.63. The minimum atomic E-state index is 0.408. The topological polar surface area (TPSA) is 101 Å². The first-order valence-corrected chi connectivity index (χ1v) is 11.0. The van der Waals surface area contributed by atoms with Crippen LogP contribution in [0.5, 0.6) is 11.6 Å². The molecule has 0 saturated heterocycles. The smallest absolute Gasteiger partial charge is 0.224 e. The third-order valence-electron chi connectivity index (χ3n) is 5.80. The predicted octanol–water partition coefficient (Wildman–Crippen LogP) is 3.71. The molecule has 9 heteroatoms. The van der Waals surface area contributed by atoms with E-state index in [4.69, 9.17) is 9.47 Å². The lowest BCUT2D eigenvalue weighted by Gasteiger charge is -2.11. The van der Waals surface area contributed by atoms with Gasteiger partial charge in [-0.2, -0.15) is 9.78 Å². The summed E-state index contributed by atoms with van der Waals surface area (Å²) in [5, 5.41) is 12.5. The van der Waals surface area contributed by atoms with E-state index in [1.165, 1.54) is 0 Å². The Morgan fingerprint density at radius 2 is 1.85 bits per heavy atom. The van der Waals surface area contributed by atoms with Crippen LogP contribution in [0.4, 0.5) is 0 Å². The van der Waals surface area contributed by atoms with E-state index in [1.54, 1.807) is 18.1 Å². The molecule has 168 valence electrons. The van der Waals surface area contributed by atoms with Crippen LogP contribution in [0.2, 0.25) is 0 Å². The molecule has 0 bridgehead atoms. The highest BCUT2D eigenvalue weighted by molar-refractivity contribution is 5.70. The van der Waals surface area contributed by atoms with Gasteiger partial charge in [0.25, 0.3) is 0 Å². The van der Waals surface area contributed by atoms with E-state index in [1.807, 2.05) is 56.4 Å². The summed E-state index contributed by atoms with van der Waals surface area (Å²) in [5.41, 5.74) is 3.81. The lowest BCUT2D eigenvalue weighted by molar-refractivity contribution is 0.285. The molecule has 0 amide bonds. The minimum Gasteiger partial charge on any atom is -0.495 e. The fourth-order valence-corrected chi connectivity index (χ4v) is 3.76. The minimum absolute atomic E-state index is 0.408. The van der Waals surface area contributed by atoms with Crippen molar-refractivity contribution in [2.45, 2.75) is 32.7 Å². The van der Waals surface area contributed by atoms with Gasteiger partial charge < -0.3 is 9.47 Å². The fraction of sp³-hybridized carbons (Fsp3) is 0.333. The average molecular weight is 444 g/mol. The molecular formula is C24H25N7O2. The summed E-state index contributed by atoms with van der Waals surface area (Å²) in [5.74, 6) is 3.47. The Hall–Kier alpha value is -3.88. The Kier molecular flexibility index (Phi) is 5.68. The molecule has 0 N–H and O–H groups in total. The third-order valence-corrected chi connectivity index (χ3v) is 5.80. The van der Waals surface area contributed by atoms with E-state index >= 15 is 0 Å². The monoisotopic (exact) mass is 443 g/mol. The van der Waals surface area contributed by atoms with Crippen molar-refractivity contribution in [3.8, 4) is 34.1 Å². The summed E-state index contributed by atoms with van der Waals surface area (Å²) >= 11 is 0. The number of tetrazole rings is 1. The van der Waals surface area contributed by atoms with Gasteiger partial charge in [0.05, 0.1) is 32.0 Å². The third kappa shape index (κ3) is 4.52. The predicted molar refractivity (Wildman–Crippen MR) is 122 cm³/mol. The van der Waals surface area contributed by atoms with E-state index in [0.717, 1.165) is 34.6 Å². The molecule has 1 aliphatic carbocycles.